The molecule has 28 heavy (non-hydrogen) atoms. The molecule has 2 aromatic rings. The fraction of sp³-hybridized carbons (Fsp3) is 0.368. The number of nitrogens with two attached hydrogens (primary N) is 2. The number of rotatable bonds is 4. The maximum Gasteiger partial charge on any atom is 0.326 e. The normalized spacial score (nSPS) is 16.9. The summed E-state index contributed by atoms with van der Waals surface area (Å²) < 4.78 is 5.60. The minimum Gasteiger partial charge on any atom is -0.456 e. The molecule has 1 aliphatic rings. The first-order valence-electron chi connectivity index (χ1n) is 8.85. The van der Waals surface area contributed by atoms with Gasteiger partial charge in [0.05, 0.1) is 0 Å². The summed E-state index contributed by atoms with van der Waals surface area (Å²) in [6.07, 6.45) is 1.62. The van der Waals surface area contributed by atoms with E-state index in [-0.39, 0.29) is 11.4 Å². The van der Waals surface area contributed by atoms with E-state index < -0.39 is 17.6 Å². The van der Waals surface area contributed by atoms with Gasteiger partial charge in [0.1, 0.15) is 35.4 Å². The SMILES string of the molecule is C[C@H](OC(=O)C1(N)CCN(c2ncnc(N)c2C#N)CC1)c1ccc(Cl)cc1. The number of nitriles is 1. The third kappa shape index (κ3) is 4.01. The van der Waals surface area contributed by atoms with E-state index in [9.17, 15) is 10.1 Å². The highest BCUT2D eigenvalue weighted by Gasteiger charge is 2.40. The zero-order chi connectivity index (χ0) is 20.3. The Morgan fingerprint density at radius 3 is 2.57 bits per heavy atom. The molecule has 4 N–H and O–H groups in total. The van der Waals surface area contributed by atoms with Crippen molar-refractivity contribution in [3.63, 3.8) is 0 Å². The van der Waals surface area contributed by atoms with Crippen LogP contribution in [0.4, 0.5) is 11.6 Å². The van der Waals surface area contributed by atoms with Gasteiger partial charge in [-0.15, -0.1) is 0 Å². The molecule has 8 nitrogen and oxygen atoms in total. The zero-order valence-corrected chi connectivity index (χ0v) is 16.2. The van der Waals surface area contributed by atoms with Crippen molar-refractivity contribution in [2.75, 3.05) is 23.7 Å². The summed E-state index contributed by atoms with van der Waals surface area (Å²) in [7, 11) is 0. The van der Waals surface area contributed by atoms with E-state index in [1.165, 1.54) is 6.33 Å². The summed E-state index contributed by atoms with van der Waals surface area (Å²) in [6, 6.07) is 9.15. The van der Waals surface area contributed by atoms with Crippen LogP contribution in [0.25, 0.3) is 0 Å². The number of nitrogen functional groups attached to an aromatic ring is 1. The fourth-order valence-electron chi connectivity index (χ4n) is 3.14. The van der Waals surface area contributed by atoms with Gasteiger partial charge in [-0.3, -0.25) is 4.79 Å². The second kappa shape index (κ2) is 8.00. The van der Waals surface area contributed by atoms with Crippen molar-refractivity contribution in [1.29, 1.82) is 5.26 Å². The minimum atomic E-state index is -1.09. The van der Waals surface area contributed by atoms with Crippen molar-refractivity contribution in [2.24, 2.45) is 5.73 Å². The standard InChI is InChI=1S/C19H21ClN6O2/c1-12(13-2-4-14(20)5-3-13)28-18(27)19(23)6-8-26(9-7-19)17-15(10-21)16(22)24-11-25-17/h2-5,11-12H,6-9,23H2,1H3,(H2,22,24,25)/t12-/m0/s1. The minimum absolute atomic E-state index is 0.133. The maximum absolute atomic E-state index is 12.7. The first kappa shape index (κ1) is 19.9. The van der Waals surface area contributed by atoms with Gasteiger partial charge < -0.3 is 21.1 Å². The third-order valence-electron chi connectivity index (χ3n) is 4.95. The van der Waals surface area contributed by atoms with E-state index in [2.05, 4.69) is 9.97 Å². The number of esters is 1. The highest BCUT2D eigenvalue weighted by molar-refractivity contribution is 6.30. The molecule has 0 aliphatic carbocycles. The van der Waals surface area contributed by atoms with Gasteiger partial charge >= 0.3 is 5.97 Å². The van der Waals surface area contributed by atoms with E-state index in [0.29, 0.717) is 36.8 Å². The summed E-state index contributed by atoms with van der Waals surface area (Å²) >= 11 is 5.89. The quantitative estimate of drug-likeness (QED) is 0.746. The number of nitrogens with zero attached hydrogens (tertiary/aromatic N) is 4. The molecular formula is C19H21ClN6O2. The molecule has 2 heterocycles. The number of halogens is 1. The van der Waals surface area contributed by atoms with Crippen molar-refractivity contribution >= 4 is 29.2 Å². The monoisotopic (exact) mass is 400 g/mol. The molecule has 0 saturated carbocycles. The molecule has 0 unspecified atom stereocenters. The average molecular weight is 401 g/mol. The molecule has 1 aromatic heterocycles. The summed E-state index contributed by atoms with van der Waals surface area (Å²) in [5.74, 6) is 0.144. The lowest BCUT2D eigenvalue weighted by Gasteiger charge is -2.38. The number of carbonyl (C=O) groups is 1. The number of hydrogen-bond acceptors (Lipinski definition) is 8. The average Bonchev–Trinajstić information content (AvgIpc) is 2.69. The molecule has 1 saturated heterocycles. The molecule has 1 atom stereocenters. The van der Waals surface area contributed by atoms with Crippen LogP contribution in [0.2, 0.25) is 5.02 Å². The van der Waals surface area contributed by atoms with E-state index in [1.807, 2.05) is 23.1 Å². The second-order valence-corrected chi connectivity index (χ2v) is 7.25. The molecular weight excluding hydrogens is 380 g/mol. The predicted octanol–water partition coefficient (Wildman–Crippen LogP) is 2.19. The van der Waals surface area contributed by atoms with Crippen molar-refractivity contribution in [3.8, 4) is 6.07 Å². The Morgan fingerprint density at radius 2 is 1.96 bits per heavy atom. The molecule has 1 aromatic carbocycles. The fourth-order valence-corrected chi connectivity index (χ4v) is 3.26. The van der Waals surface area contributed by atoms with Crippen molar-refractivity contribution < 1.29 is 9.53 Å². The molecule has 0 amide bonds. The second-order valence-electron chi connectivity index (χ2n) is 6.81. The Balaban J connectivity index is 1.66. The topological polar surface area (TPSA) is 131 Å². The predicted molar refractivity (Wildman–Crippen MR) is 105 cm³/mol. The van der Waals surface area contributed by atoms with Crippen LogP contribution in [0.15, 0.2) is 30.6 Å². The van der Waals surface area contributed by atoms with E-state index in [0.717, 1.165) is 5.56 Å². The lowest BCUT2D eigenvalue weighted by atomic mass is 9.88. The van der Waals surface area contributed by atoms with Crippen LogP contribution in [0.5, 0.6) is 0 Å². The summed E-state index contributed by atoms with van der Waals surface area (Å²) in [4.78, 5) is 22.6. The van der Waals surface area contributed by atoms with Gasteiger partial charge in [-0.2, -0.15) is 5.26 Å². The Hall–Kier alpha value is -2.89. The number of piperidine rings is 1. The van der Waals surface area contributed by atoms with Crippen LogP contribution in [0, 0.1) is 11.3 Å². The van der Waals surface area contributed by atoms with Gasteiger partial charge in [-0.05, 0) is 37.5 Å². The van der Waals surface area contributed by atoms with Crippen LogP contribution in [0.3, 0.4) is 0 Å². The van der Waals surface area contributed by atoms with Gasteiger partial charge in [-0.1, -0.05) is 23.7 Å². The van der Waals surface area contributed by atoms with Crippen molar-refractivity contribution in [1.82, 2.24) is 9.97 Å². The Kier molecular flexibility index (Phi) is 5.68. The number of carbonyl (C=O) groups excluding carboxylic acids is 1. The molecule has 3 rings (SSSR count). The van der Waals surface area contributed by atoms with Crippen molar-refractivity contribution in [2.45, 2.75) is 31.4 Å². The molecule has 1 fully saturated rings. The highest BCUT2D eigenvalue weighted by Crippen LogP contribution is 2.29. The lowest BCUT2D eigenvalue weighted by Crippen LogP contribution is -2.56. The first-order chi connectivity index (χ1) is 13.3. The van der Waals surface area contributed by atoms with Crippen LogP contribution in [0.1, 0.15) is 37.0 Å². The molecule has 9 heteroatoms. The highest BCUT2D eigenvalue weighted by atomic mass is 35.5. The van der Waals surface area contributed by atoms with E-state index in [1.54, 1.807) is 19.1 Å². The van der Waals surface area contributed by atoms with Crippen LogP contribution >= 0.6 is 11.6 Å². The number of anilines is 2. The maximum atomic E-state index is 12.7. The van der Waals surface area contributed by atoms with Gasteiger partial charge in [-0.25, -0.2) is 9.97 Å². The first-order valence-corrected chi connectivity index (χ1v) is 9.23. The summed E-state index contributed by atoms with van der Waals surface area (Å²) in [5, 5.41) is 9.92. The number of aromatic nitrogens is 2. The molecule has 0 radical (unpaired) electrons. The lowest BCUT2D eigenvalue weighted by molar-refractivity contribution is -0.156. The largest absolute Gasteiger partial charge is 0.456 e. The van der Waals surface area contributed by atoms with Crippen LogP contribution < -0.4 is 16.4 Å². The van der Waals surface area contributed by atoms with Gasteiger partial charge in [0, 0.05) is 18.1 Å². The molecule has 1 aliphatic heterocycles. The Bertz CT molecular complexity index is 904. The van der Waals surface area contributed by atoms with E-state index >= 15 is 0 Å². The van der Waals surface area contributed by atoms with Gasteiger partial charge in [0.2, 0.25) is 0 Å². The Morgan fingerprint density at radius 1 is 1.32 bits per heavy atom. The van der Waals surface area contributed by atoms with Gasteiger partial charge in [0.15, 0.2) is 5.82 Å². The van der Waals surface area contributed by atoms with E-state index in [4.69, 9.17) is 27.8 Å². The molecule has 0 bridgehead atoms. The van der Waals surface area contributed by atoms with Crippen LogP contribution in [-0.4, -0.2) is 34.6 Å². The number of benzene rings is 1. The molecule has 146 valence electrons. The third-order valence-corrected chi connectivity index (χ3v) is 5.21. The summed E-state index contributed by atoms with van der Waals surface area (Å²) in [5.41, 5.74) is 12.1. The van der Waals surface area contributed by atoms with Crippen LogP contribution in [-0.2, 0) is 9.53 Å². The molecule has 0 spiro atoms. The smallest absolute Gasteiger partial charge is 0.326 e. The summed E-state index contributed by atoms with van der Waals surface area (Å²) in [6.45, 7) is 2.70. The van der Waals surface area contributed by atoms with Gasteiger partial charge in [0.25, 0.3) is 0 Å². The zero-order valence-electron chi connectivity index (χ0n) is 15.4. The Labute approximate surface area is 168 Å². The number of ether oxygens (including phenoxy) is 1. The van der Waals surface area contributed by atoms with Crippen molar-refractivity contribution in [3.05, 3.63) is 46.7 Å². The number of hydrogen-bond donors (Lipinski definition) is 2.